The summed E-state index contributed by atoms with van der Waals surface area (Å²) < 4.78 is 16.7. The van der Waals surface area contributed by atoms with Gasteiger partial charge in [0, 0.05) is 19.6 Å². The summed E-state index contributed by atoms with van der Waals surface area (Å²) >= 11 is 6.30. The van der Waals surface area contributed by atoms with E-state index >= 15 is 0 Å². The number of hydrogen-bond acceptors (Lipinski definition) is 6. The molecule has 190 valence electrons. The third kappa shape index (κ3) is 6.34. The van der Waals surface area contributed by atoms with Crippen molar-refractivity contribution in [1.29, 1.82) is 0 Å². The van der Waals surface area contributed by atoms with Crippen LogP contribution < -0.4 is 4.74 Å². The molecule has 0 spiro atoms. The smallest absolute Gasteiger partial charge is 0.418 e. The highest BCUT2D eigenvalue weighted by molar-refractivity contribution is 6.32. The molecule has 0 fully saturated rings. The fourth-order valence-electron chi connectivity index (χ4n) is 5.06. The minimum absolute atomic E-state index is 0.273. The summed E-state index contributed by atoms with van der Waals surface area (Å²) in [6.45, 7) is 2.13. The number of rotatable bonds is 10. The third-order valence-corrected chi connectivity index (χ3v) is 7.08. The van der Waals surface area contributed by atoms with E-state index in [-0.39, 0.29) is 5.92 Å². The van der Waals surface area contributed by atoms with Crippen LogP contribution in [0.1, 0.15) is 48.3 Å². The van der Waals surface area contributed by atoms with E-state index < -0.39 is 17.5 Å². The lowest BCUT2D eigenvalue weighted by atomic mass is 9.72. The zero-order valence-corrected chi connectivity index (χ0v) is 21.3. The number of esters is 1. The van der Waals surface area contributed by atoms with Crippen LogP contribution in [0.25, 0.3) is 0 Å². The summed E-state index contributed by atoms with van der Waals surface area (Å²) in [5.74, 6) is -2.60. The molecule has 35 heavy (non-hydrogen) atoms. The molecule has 2 aromatic rings. The molecule has 0 unspecified atom stereocenters. The Hall–Kier alpha value is -2.61. The molecule has 0 bridgehead atoms. The second-order valence-electron chi connectivity index (χ2n) is 8.98. The monoisotopic (exact) mass is 503 g/mol. The number of methoxy groups -OCH3 is 2. The van der Waals surface area contributed by atoms with Gasteiger partial charge in [-0.05, 0) is 74.5 Å². The minimum atomic E-state index is -1.60. The van der Waals surface area contributed by atoms with E-state index in [4.69, 9.17) is 25.8 Å². The molecular formula is C27H34ClNO6. The Morgan fingerprint density at radius 1 is 1.17 bits per heavy atom. The van der Waals surface area contributed by atoms with Gasteiger partial charge in [-0.3, -0.25) is 0 Å². The van der Waals surface area contributed by atoms with Crippen molar-refractivity contribution in [3.8, 4) is 5.75 Å². The third-order valence-electron chi connectivity index (χ3n) is 6.77. The number of carbonyl (C=O) groups excluding carboxylic acids is 1. The van der Waals surface area contributed by atoms with Crippen molar-refractivity contribution in [2.75, 3.05) is 41.0 Å². The normalized spacial score (nSPS) is 19.6. The van der Waals surface area contributed by atoms with E-state index in [1.165, 1.54) is 0 Å². The largest absolute Gasteiger partial charge is 0.495 e. The van der Waals surface area contributed by atoms with Crippen LogP contribution in [0.5, 0.6) is 5.75 Å². The number of carbonyl (C=O) groups is 2. The lowest BCUT2D eigenvalue weighted by Crippen LogP contribution is -2.41. The number of likely N-dealkylation sites (N-methyl/N-ethyl adjacent to an activating group) is 1. The summed E-state index contributed by atoms with van der Waals surface area (Å²) in [6, 6.07) is 13.4. The molecule has 0 amide bonds. The average molecular weight is 504 g/mol. The summed E-state index contributed by atoms with van der Waals surface area (Å²) in [7, 11) is 5.24. The van der Waals surface area contributed by atoms with Gasteiger partial charge in [0.2, 0.25) is 0 Å². The van der Waals surface area contributed by atoms with Crippen molar-refractivity contribution in [2.45, 2.75) is 43.6 Å². The average Bonchev–Trinajstić information content (AvgIpc) is 3.00. The lowest BCUT2D eigenvalue weighted by molar-refractivity contribution is -0.179. The van der Waals surface area contributed by atoms with Crippen molar-refractivity contribution in [2.24, 2.45) is 0 Å². The van der Waals surface area contributed by atoms with Gasteiger partial charge in [-0.2, -0.15) is 0 Å². The van der Waals surface area contributed by atoms with Gasteiger partial charge >= 0.3 is 11.9 Å². The molecule has 0 aromatic heterocycles. The number of ether oxygens (including phenoxy) is 3. The number of benzene rings is 2. The van der Waals surface area contributed by atoms with Crippen LogP contribution in [0.15, 0.2) is 42.5 Å². The van der Waals surface area contributed by atoms with Crippen LogP contribution in [0, 0.1) is 0 Å². The Morgan fingerprint density at radius 3 is 2.66 bits per heavy atom. The van der Waals surface area contributed by atoms with Gasteiger partial charge in [0.1, 0.15) is 11.4 Å². The Kier molecular flexibility index (Phi) is 9.55. The molecule has 1 N–H and O–H groups in total. The highest BCUT2D eigenvalue weighted by Gasteiger charge is 2.47. The van der Waals surface area contributed by atoms with Crippen LogP contribution >= 0.6 is 11.6 Å². The molecule has 1 aliphatic carbocycles. The van der Waals surface area contributed by atoms with Crippen molar-refractivity contribution in [3.05, 3.63) is 64.2 Å². The summed E-state index contributed by atoms with van der Waals surface area (Å²) in [5.41, 5.74) is 1.69. The summed E-state index contributed by atoms with van der Waals surface area (Å²) in [5, 5.41) is 9.98. The van der Waals surface area contributed by atoms with Crippen LogP contribution in [0.3, 0.4) is 0 Å². The topological polar surface area (TPSA) is 85.3 Å². The van der Waals surface area contributed by atoms with Crippen molar-refractivity contribution in [1.82, 2.24) is 4.90 Å². The molecule has 7 nitrogen and oxygen atoms in total. The lowest BCUT2D eigenvalue weighted by Gasteiger charge is -2.41. The summed E-state index contributed by atoms with van der Waals surface area (Å²) in [4.78, 5) is 26.5. The zero-order chi connectivity index (χ0) is 25.4. The van der Waals surface area contributed by atoms with E-state index in [0.717, 1.165) is 42.6 Å². The van der Waals surface area contributed by atoms with E-state index in [1.807, 2.05) is 43.4 Å². The van der Waals surface area contributed by atoms with Gasteiger partial charge in [-0.1, -0.05) is 41.9 Å². The van der Waals surface area contributed by atoms with E-state index in [9.17, 15) is 14.7 Å². The highest BCUT2D eigenvalue weighted by atomic mass is 35.5. The molecule has 0 radical (unpaired) electrons. The SMILES string of the molecule is COCCN(C)CCC[C@]1(OC(=O)C(=O)O)c2ccccc2CCC[C@@H]1c1ccc(Cl)c(OC)c1. The maximum absolute atomic E-state index is 12.6. The predicted molar refractivity (Wildman–Crippen MR) is 134 cm³/mol. The van der Waals surface area contributed by atoms with Crippen molar-refractivity contribution < 1.29 is 28.9 Å². The fourth-order valence-corrected chi connectivity index (χ4v) is 5.26. The molecule has 0 saturated heterocycles. The molecule has 0 saturated carbocycles. The first-order chi connectivity index (χ1) is 16.8. The molecule has 1 aliphatic rings. The van der Waals surface area contributed by atoms with E-state index in [0.29, 0.717) is 36.6 Å². The number of fused-ring (bicyclic) bond motifs is 1. The second kappa shape index (κ2) is 12.4. The van der Waals surface area contributed by atoms with Crippen molar-refractivity contribution in [3.63, 3.8) is 0 Å². The first-order valence-electron chi connectivity index (χ1n) is 11.9. The zero-order valence-electron chi connectivity index (χ0n) is 20.6. The number of aliphatic carboxylic acids is 1. The number of carboxylic acid groups (broad SMARTS) is 1. The number of halogens is 1. The molecule has 2 aromatic carbocycles. The highest BCUT2D eigenvalue weighted by Crippen LogP contribution is 2.50. The van der Waals surface area contributed by atoms with Gasteiger partial charge in [0.05, 0.1) is 18.7 Å². The molecule has 0 aliphatic heterocycles. The van der Waals surface area contributed by atoms with E-state index in [2.05, 4.69) is 4.90 Å². The minimum Gasteiger partial charge on any atom is -0.495 e. The second-order valence-corrected chi connectivity index (χ2v) is 9.39. The van der Waals surface area contributed by atoms with Gasteiger partial charge in [0.25, 0.3) is 0 Å². The molecular weight excluding hydrogens is 470 g/mol. The Morgan fingerprint density at radius 2 is 1.94 bits per heavy atom. The van der Waals surface area contributed by atoms with E-state index in [1.54, 1.807) is 20.3 Å². The molecule has 8 heteroatoms. The maximum Gasteiger partial charge on any atom is 0.418 e. The standard InChI is InChI=1S/C27H34ClNO6/c1-29(16-17-33-2)15-7-14-27(35-26(32)25(30)31)21-10-5-4-8-19(21)9-6-11-22(27)20-12-13-23(28)24(18-20)34-3/h4-5,8,10,12-13,18,22H,6-7,9,11,14-17H2,1-3H3,(H,30,31)/t22-,27+/m1/s1. The van der Waals surface area contributed by atoms with Crippen LogP contribution in [-0.4, -0.2) is 62.9 Å². The van der Waals surface area contributed by atoms with Gasteiger partial charge in [0.15, 0.2) is 0 Å². The Labute approximate surface area is 211 Å². The number of carboxylic acids is 1. The number of aryl methyl sites for hydroxylation is 1. The summed E-state index contributed by atoms with van der Waals surface area (Å²) in [6.07, 6.45) is 3.56. The van der Waals surface area contributed by atoms with Crippen LogP contribution in [0.4, 0.5) is 0 Å². The Bertz CT molecular complexity index is 1030. The Balaban J connectivity index is 2.11. The quantitative estimate of drug-likeness (QED) is 0.287. The first-order valence-corrected chi connectivity index (χ1v) is 12.3. The van der Waals surface area contributed by atoms with Crippen LogP contribution in [0.2, 0.25) is 5.02 Å². The van der Waals surface area contributed by atoms with Crippen LogP contribution in [-0.2, 0) is 31.1 Å². The van der Waals surface area contributed by atoms with Gasteiger partial charge in [-0.15, -0.1) is 0 Å². The van der Waals surface area contributed by atoms with Gasteiger partial charge in [-0.25, -0.2) is 9.59 Å². The molecule has 3 rings (SSSR count). The van der Waals surface area contributed by atoms with Crippen molar-refractivity contribution >= 4 is 23.5 Å². The fraction of sp³-hybridized carbons (Fsp3) is 0.481. The number of nitrogens with zero attached hydrogens (tertiary/aromatic N) is 1. The predicted octanol–water partition coefficient (Wildman–Crippen LogP) is 4.65. The molecule has 2 atom stereocenters. The number of hydrogen-bond donors (Lipinski definition) is 1. The maximum atomic E-state index is 12.6. The van der Waals surface area contributed by atoms with Gasteiger partial charge < -0.3 is 24.2 Å². The molecule has 0 heterocycles. The first kappa shape index (κ1) is 27.0.